The highest BCUT2D eigenvalue weighted by molar-refractivity contribution is 6.24. The van der Waals surface area contributed by atoms with E-state index >= 15 is 0 Å². The number of aliphatic hydroxyl groups excluding tert-OH is 2. The molecular formula is C43H59N4O13+. The number of carbonyl (C=O) groups excluding carboxylic acids is 4. The van der Waals surface area contributed by atoms with Gasteiger partial charge in [-0.1, -0.05) is 45.9 Å². The quantitative estimate of drug-likeness (QED) is 0.0546. The number of methoxy groups -OCH3 is 1. The average molecular weight is 840 g/mol. The minimum absolute atomic E-state index is 0.000506. The smallest absolute Gasteiger partial charge is 0.312 e. The molecule has 60 heavy (non-hydrogen) atoms. The molecule has 0 spiro atoms. The number of rotatable bonds is 6. The van der Waals surface area contributed by atoms with Gasteiger partial charge in [0.15, 0.2) is 12.3 Å². The van der Waals surface area contributed by atoms with E-state index in [1.165, 1.54) is 53.0 Å². The summed E-state index contributed by atoms with van der Waals surface area (Å²) in [4.78, 5) is 53.0. The molecule has 17 nitrogen and oxygen atoms in total. The maximum Gasteiger partial charge on any atom is 0.312 e. The van der Waals surface area contributed by atoms with Gasteiger partial charge < -0.3 is 54.3 Å². The number of phenols is 3. The highest BCUT2D eigenvalue weighted by Gasteiger charge is 2.50. The molecule has 2 aromatic carbocycles. The molecule has 0 saturated heterocycles. The van der Waals surface area contributed by atoms with Crippen LogP contribution in [0.2, 0.25) is 0 Å². The lowest BCUT2D eigenvalue weighted by Crippen LogP contribution is -2.46. The maximum absolute atomic E-state index is 14.4. The Hall–Kier alpha value is -5.49. The molecule has 3 heterocycles. The Bertz CT molecular complexity index is 2140. The second-order valence-electron chi connectivity index (χ2n) is 16.9. The van der Waals surface area contributed by atoms with Crippen LogP contribution in [0.25, 0.3) is 10.8 Å². The third kappa shape index (κ3) is 9.75. The van der Waals surface area contributed by atoms with Crippen LogP contribution in [-0.2, 0) is 28.6 Å². The third-order valence-electron chi connectivity index (χ3n) is 11.0. The second kappa shape index (κ2) is 18.4. The van der Waals surface area contributed by atoms with Crippen LogP contribution in [0.4, 0.5) is 5.69 Å². The fourth-order valence-corrected chi connectivity index (χ4v) is 7.51. The molecule has 7 N–H and O–H groups in total. The number of aliphatic hydroxyl groups is 2. The summed E-state index contributed by atoms with van der Waals surface area (Å²) < 4.78 is 23.7. The molecule has 9 unspecified atom stereocenters. The third-order valence-corrected chi connectivity index (χ3v) is 11.0. The number of amides is 2. The number of quaternary nitrogens is 1. The van der Waals surface area contributed by atoms with E-state index in [1.807, 2.05) is 0 Å². The lowest BCUT2D eigenvalue weighted by molar-refractivity contribution is -0.862. The Morgan fingerprint density at radius 1 is 0.967 bits per heavy atom. The number of likely N-dealkylation sites (N-methyl/N-ethyl adjacent to an activating group) is 1. The number of phenolic OH excluding ortho intramolecular Hbond substituents is 3. The standard InChI is InChI=1S/C43H58N4O13/c1-20-14-13-15-21(2)42(56)45-33-27(18-44-46-29(49)19-47(9,10)11)37(53)30-31(38(33)54)36(52)25(6)40-32(30)41(55)43(8,60-40)58-17-16-28(57-12)22(3)39(59-26(7)48)24(5)35(51)23(4)34(20)50/h13-18,20,22-24,28,34-35,39,50-51H,19H2,1-12H3,(H4-,44,45,46,49,52,53,54,55,56)/p+1/b14-13+,17-16+,21-15+. The minimum atomic E-state index is -2.10. The van der Waals surface area contributed by atoms with Gasteiger partial charge >= 0.3 is 11.8 Å². The number of hydrogen-bond donors (Lipinski definition) is 7. The fourth-order valence-electron chi connectivity index (χ4n) is 7.51. The Balaban J connectivity index is 1.97. The van der Waals surface area contributed by atoms with Gasteiger partial charge in [-0.3, -0.25) is 19.2 Å². The topological polar surface area (TPSA) is 243 Å². The summed E-state index contributed by atoms with van der Waals surface area (Å²) in [5.74, 6) is -9.55. The number of allylic oxidation sites excluding steroid dienone is 2. The summed E-state index contributed by atoms with van der Waals surface area (Å²) >= 11 is 0. The number of esters is 1. The summed E-state index contributed by atoms with van der Waals surface area (Å²) in [6, 6.07) is 0. The van der Waals surface area contributed by atoms with Crippen molar-refractivity contribution < 1.29 is 68.1 Å². The number of hydrazone groups is 1. The summed E-state index contributed by atoms with van der Waals surface area (Å²) in [5.41, 5.74) is 1.46. The molecule has 3 aliphatic heterocycles. The maximum atomic E-state index is 14.4. The molecule has 5 rings (SSSR count). The molecule has 0 aromatic heterocycles. The van der Waals surface area contributed by atoms with Crippen LogP contribution >= 0.6 is 0 Å². The van der Waals surface area contributed by atoms with E-state index in [2.05, 4.69) is 15.8 Å². The van der Waals surface area contributed by atoms with Crippen molar-refractivity contribution in [3.63, 3.8) is 0 Å². The van der Waals surface area contributed by atoms with Crippen LogP contribution in [0, 0.1) is 30.6 Å². The molecule has 0 saturated carbocycles. The van der Waals surface area contributed by atoms with E-state index in [0.29, 0.717) is 0 Å². The van der Waals surface area contributed by atoms with Crippen molar-refractivity contribution in [2.75, 3.05) is 40.1 Å². The number of nitrogens with zero attached hydrogens (tertiary/aromatic N) is 2. The Kier molecular flexibility index (Phi) is 14.5. The first-order valence-corrected chi connectivity index (χ1v) is 19.6. The molecular weight excluding hydrogens is 780 g/mol. The summed E-state index contributed by atoms with van der Waals surface area (Å²) in [5, 5.41) is 63.9. The second-order valence-corrected chi connectivity index (χ2v) is 16.9. The predicted molar refractivity (Wildman–Crippen MR) is 222 cm³/mol. The number of ketones is 1. The molecule has 17 heteroatoms. The Morgan fingerprint density at radius 2 is 1.62 bits per heavy atom. The van der Waals surface area contributed by atoms with E-state index < -0.39 is 106 Å². The van der Waals surface area contributed by atoms with Crippen LogP contribution in [0.5, 0.6) is 23.0 Å². The van der Waals surface area contributed by atoms with Gasteiger partial charge in [-0.25, -0.2) is 5.43 Å². The Morgan fingerprint density at radius 3 is 2.22 bits per heavy atom. The number of nitrogens with one attached hydrogen (secondary N) is 2. The number of fused-ring (bicyclic) bond motifs is 14. The summed E-state index contributed by atoms with van der Waals surface area (Å²) in [6.45, 7) is 12.3. The van der Waals surface area contributed by atoms with Crippen molar-refractivity contribution in [2.24, 2.45) is 28.8 Å². The van der Waals surface area contributed by atoms with E-state index in [-0.39, 0.29) is 44.4 Å². The molecule has 3 aliphatic rings. The summed E-state index contributed by atoms with van der Waals surface area (Å²) in [6.07, 6.45) is 4.24. The minimum Gasteiger partial charge on any atom is -0.507 e. The first-order chi connectivity index (χ1) is 27.9. The van der Waals surface area contributed by atoms with E-state index in [0.717, 1.165) is 12.5 Å². The molecule has 0 radical (unpaired) electrons. The molecule has 0 fully saturated rings. The van der Waals surface area contributed by atoms with Crippen molar-refractivity contribution in [2.45, 2.75) is 85.6 Å². The highest BCUT2D eigenvalue weighted by Crippen LogP contribution is 2.55. The monoisotopic (exact) mass is 839 g/mol. The fraction of sp³-hybridized carbons (Fsp3) is 0.512. The van der Waals surface area contributed by atoms with E-state index in [9.17, 15) is 44.7 Å². The molecule has 5 bridgehead atoms. The van der Waals surface area contributed by atoms with Gasteiger partial charge in [-0.05, 0) is 19.9 Å². The number of ether oxygens (including phenoxy) is 4. The average Bonchev–Trinajstić information content (AvgIpc) is 3.43. The van der Waals surface area contributed by atoms with Crippen molar-refractivity contribution >= 4 is 46.2 Å². The predicted octanol–water partition coefficient (Wildman–Crippen LogP) is 3.91. The van der Waals surface area contributed by atoms with Crippen LogP contribution in [0.3, 0.4) is 0 Å². The highest BCUT2D eigenvalue weighted by atomic mass is 16.7. The van der Waals surface area contributed by atoms with Gasteiger partial charge in [-0.2, -0.15) is 5.10 Å². The van der Waals surface area contributed by atoms with Crippen LogP contribution < -0.4 is 15.5 Å². The van der Waals surface area contributed by atoms with Crippen LogP contribution in [0.15, 0.2) is 41.2 Å². The van der Waals surface area contributed by atoms with Gasteiger partial charge in [-0.15, -0.1) is 0 Å². The largest absolute Gasteiger partial charge is 0.507 e. The van der Waals surface area contributed by atoms with Gasteiger partial charge in [0.1, 0.15) is 23.4 Å². The number of benzene rings is 2. The molecule has 9 atom stereocenters. The lowest BCUT2D eigenvalue weighted by Gasteiger charge is -2.38. The van der Waals surface area contributed by atoms with Gasteiger partial charge in [0.2, 0.25) is 0 Å². The van der Waals surface area contributed by atoms with Gasteiger partial charge in [0.05, 0.1) is 74.1 Å². The summed E-state index contributed by atoms with van der Waals surface area (Å²) in [7, 11) is 6.79. The van der Waals surface area contributed by atoms with Crippen molar-refractivity contribution in [3.8, 4) is 23.0 Å². The Labute approximate surface area is 349 Å². The molecule has 2 aromatic rings. The van der Waals surface area contributed by atoms with Crippen molar-refractivity contribution in [3.05, 3.63) is 52.8 Å². The van der Waals surface area contributed by atoms with Crippen molar-refractivity contribution in [1.82, 2.24) is 5.43 Å². The van der Waals surface area contributed by atoms with Crippen molar-refractivity contribution in [1.29, 1.82) is 0 Å². The lowest BCUT2D eigenvalue weighted by atomic mass is 9.78. The number of Topliss-reactive ketones (excluding diaryl/α,β-unsaturated/α-hetero) is 1. The normalized spacial score (nSPS) is 30.0. The zero-order valence-electron chi connectivity index (χ0n) is 36.2. The van der Waals surface area contributed by atoms with Gasteiger partial charge in [0.25, 0.3) is 17.6 Å². The zero-order valence-corrected chi connectivity index (χ0v) is 36.2. The molecule has 0 aliphatic carbocycles. The number of carbonyl (C=O) groups is 4. The van der Waals surface area contributed by atoms with E-state index in [4.69, 9.17) is 18.9 Å². The zero-order chi connectivity index (χ0) is 45.2. The number of hydrogen-bond acceptors (Lipinski definition) is 14. The van der Waals surface area contributed by atoms with Gasteiger partial charge in [0, 0.05) is 61.2 Å². The van der Waals surface area contributed by atoms with E-state index in [1.54, 1.807) is 54.9 Å². The SMILES string of the molecule is COC1/C=C/OC2(C)Oc3c(C)c(O)c4c(O)c(c(/C=N\NC(=O)C[N+](C)(C)C)c(O)c4c3C2=O)NC(=O)/C(C)=C/C=C/C(C)C(O)C(C)C(O)C(C)C(OC(C)=O)C1C. The molecule has 2 amide bonds. The first-order valence-electron chi connectivity index (χ1n) is 19.6. The van der Waals surface area contributed by atoms with Crippen LogP contribution in [-0.4, -0.2) is 125 Å². The van der Waals surface area contributed by atoms with Crippen LogP contribution in [0.1, 0.15) is 70.0 Å². The first kappa shape index (κ1) is 47.2. The number of anilines is 1. The molecule has 328 valence electrons. The number of aromatic hydroxyl groups is 3.